The largest absolute Gasteiger partial charge is 0.396 e. The number of aliphatic hydroxyl groups is 1. The van der Waals surface area contributed by atoms with Gasteiger partial charge in [0.1, 0.15) is 5.88 Å². The fourth-order valence-electron chi connectivity index (χ4n) is 0.939. The Morgan fingerprint density at radius 2 is 2.33 bits per heavy atom. The van der Waals surface area contributed by atoms with Crippen LogP contribution >= 0.6 is 11.6 Å². The van der Waals surface area contributed by atoms with Crippen molar-refractivity contribution in [2.75, 3.05) is 19.0 Å². The van der Waals surface area contributed by atoms with E-state index in [4.69, 9.17) is 16.7 Å². The number of alkyl halides is 1. The van der Waals surface area contributed by atoms with Crippen LogP contribution < -0.4 is 5.32 Å². The van der Waals surface area contributed by atoms with Gasteiger partial charge in [0.05, 0.1) is 0 Å². The molecule has 1 amide bonds. The highest BCUT2D eigenvalue weighted by Crippen LogP contribution is 2.05. The Morgan fingerprint density at radius 3 is 2.75 bits per heavy atom. The molecule has 0 radical (unpaired) electrons. The van der Waals surface area contributed by atoms with Gasteiger partial charge in [-0.15, -0.1) is 11.6 Å². The van der Waals surface area contributed by atoms with E-state index in [1.807, 2.05) is 6.92 Å². The Morgan fingerprint density at radius 1 is 1.67 bits per heavy atom. The fraction of sp³-hybridized carbons (Fsp3) is 0.875. The van der Waals surface area contributed by atoms with Gasteiger partial charge < -0.3 is 10.4 Å². The third-order valence-electron chi connectivity index (χ3n) is 1.82. The van der Waals surface area contributed by atoms with E-state index >= 15 is 0 Å². The van der Waals surface area contributed by atoms with Gasteiger partial charge in [0, 0.05) is 13.2 Å². The molecule has 0 saturated heterocycles. The first-order valence-corrected chi connectivity index (χ1v) is 4.71. The van der Waals surface area contributed by atoms with Crippen LogP contribution in [0.3, 0.4) is 0 Å². The first-order chi connectivity index (χ1) is 5.74. The zero-order valence-corrected chi connectivity index (χ0v) is 8.10. The lowest BCUT2D eigenvalue weighted by Gasteiger charge is -2.13. The average Bonchev–Trinajstić information content (AvgIpc) is 2.11. The van der Waals surface area contributed by atoms with Crippen LogP contribution in [0.4, 0.5) is 0 Å². The molecule has 0 aromatic heterocycles. The third-order valence-corrected chi connectivity index (χ3v) is 2.07. The second-order valence-electron chi connectivity index (χ2n) is 2.72. The summed E-state index contributed by atoms with van der Waals surface area (Å²) in [6.07, 6.45) is 1.70. The van der Waals surface area contributed by atoms with Crippen molar-refractivity contribution in [3.8, 4) is 0 Å². The van der Waals surface area contributed by atoms with Crippen molar-refractivity contribution < 1.29 is 9.90 Å². The summed E-state index contributed by atoms with van der Waals surface area (Å²) in [6, 6.07) is 0. The average molecular weight is 194 g/mol. The van der Waals surface area contributed by atoms with Gasteiger partial charge >= 0.3 is 0 Å². The van der Waals surface area contributed by atoms with Crippen LogP contribution in [0, 0.1) is 5.92 Å². The van der Waals surface area contributed by atoms with Crippen molar-refractivity contribution in [2.45, 2.75) is 19.8 Å². The monoisotopic (exact) mass is 193 g/mol. The van der Waals surface area contributed by atoms with Crippen LogP contribution in [0.2, 0.25) is 0 Å². The lowest BCUT2D eigenvalue weighted by Crippen LogP contribution is -2.30. The highest BCUT2D eigenvalue weighted by Gasteiger charge is 2.06. The molecule has 4 heteroatoms. The molecule has 0 aliphatic carbocycles. The summed E-state index contributed by atoms with van der Waals surface area (Å²) >= 11 is 5.29. The molecule has 0 aliphatic rings. The molecular formula is C8H16ClNO2. The van der Waals surface area contributed by atoms with E-state index in [1.54, 1.807) is 0 Å². The molecular weight excluding hydrogens is 178 g/mol. The zero-order valence-electron chi connectivity index (χ0n) is 7.35. The Kier molecular flexibility index (Phi) is 7.20. The quantitative estimate of drug-likeness (QED) is 0.612. The number of rotatable bonds is 6. The minimum Gasteiger partial charge on any atom is -0.396 e. The van der Waals surface area contributed by atoms with Crippen molar-refractivity contribution in [3.63, 3.8) is 0 Å². The number of carbonyl (C=O) groups is 1. The number of carbonyl (C=O) groups excluding carboxylic acids is 1. The van der Waals surface area contributed by atoms with Gasteiger partial charge in [0.25, 0.3) is 0 Å². The Labute approximate surface area is 78.1 Å². The summed E-state index contributed by atoms with van der Waals surface area (Å²) in [4.78, 5) is 10.7. The van der Waals surface area contributed by atoms with E-state index in [0.29, 0.717) is 12.5 Å². The second-order valence-corrected chi connectivity index (χ2v) is 2.99. The number of hydrogen-bond donors (Lipinski definition) is 2. The van der Waals surface area contributed by atoms with Crippen LogP contribution in [0.15, 0.2) is 0 Å². The first kappa shape index (κ1) is 11.7. The first-order valence-electron chi connectivity index (χ1n) is 4.18. The van der Waals surface area contributed by atoms with Gasteiger partial charge in [-0.1, -0.05) is 13.3 Å². The molecule has 1 atom stereocenters. The Balaban J connectivity index is 3.50. The normalized spacial score (nSPS) is 12.6. The minimum atomic E-state index is -0.145. The summed E-state index contributed by atoms with van der Waals surface area (Å²) in [5.41, 5.74) is 0. The molecule has 0 fully saturated rings. The molecule has 12 heavy (non-hydrogen) atoms. The lowest BCUT2D eigenvalue weighted by molar-refractivity contribution is -0.118. The second kappa shape index (κ2) is 7.37. The van der Waals surface area contributed by atoms with Crippen LogP contribution in [-0.2, 0) is 4.79 Å². The molecule has 0 aromatic carbocycles. The molecule has 0 saturated carbocycles. The molecule has 0 bridgehead atoms. The van der Waals surface area contributed by atoms with Crippen molar-refractivity contribution in [2.24, 2.45) is 5.92 Å². The predicted molar refractivity (Wildman–Crippen MR) is 49.2 cm³/mol. The maximum Gasteiger partial charge on any atom is 0.234 e. The van der Waals surface area contributed by atoms with Gasteiger partial charge in [-0.25, -0.2) is 0 Å². The summed E-state index contributed by atoms with van der Waals surface area (Å²) in [7, 11) is 0. The highest BCUT2D eigenvalue weighted by molar-refractivity contribution is 6.27. The van der Waals surface area contributed by atoms with E-state index in [9.17, 15) is 4.79 Å². The van der Waals surface area contributed by atoms with Gasteiger partial charge in [-0.05, 0) is 12.3 Å². The smallest absolute Gasteiger partial charge is 0.234 e. The third kappa shape index (κ3) is 5.38. The van der Waals surface area contributed by atoms with Crippen molar-refractivity contribution >= 4 is 17.5 Å². The lowest BCUT2D eigenvalue weighted by atomic mass is 10.0. The number of halogens is 1. The maximum absolute atomic E-state index is 10.7. The van der Waals surface area contributed by atoms with Crippen LogP contribution in [0.1, 0.15) is 19.8 Å². The zero-order chi connectivity index (χ0) is 9.40. The van der Waals surface area contributed by atoms with Crippen molar-refractivity contribution in [1.82, 2.24) is 5.32 Å². The molecule has 0 aromatic rings. The molecule has 2 N–H and O–H groups in total. The predicted octanol–water partition coefficient (Wildman–Crippen LogP) is 0.750. The summed E-state index contributed by atoms with van der Waals surface area (Å²) < 4.78 is 0. The molecule has 1 unspecified atom stereocenters. The Bertz CT molecular complexity index is 130. The number of aliphatic hydroxyl groups excluding tert-OH is 1. The summed E-state index contributed by atoms with van der Waals surface area (Å²) in [6.45, 7) is 2.82. The molecule has 0 heterocycles. The molecule has 0 aliphatic heterocycles. The van der Waals surface area contributed by atoms with Gasteiger partial charge in [0.2, 0.25) is 5.91 Å². The number of amides is 1. The Hall–Kier alpha value is -0.280. The summed E-state index contributed by atoms with van der Waals surface area (Å²) in [5, 5.41) is 11.3. The van der Waals surface area contributed by atoms with Gasteiger partial charge in [-0.3, -0.25) is 4.79 Å². The topological polar surface area (TPSA) is 49.3 Å². The van der Waals surface area contributed by atoms with E-state index in [2.05, 4.69) is 5.32 Å². The van der Waals surface area contributed by atoms with Gasteiger partial charge in [0.15, 0.2) is 0 Å². The van der Waals surface area contributed by atoms with E-state index in [0.717, 1.165) is 12.8 Å². The van der Waals surface area contributed by atoms with Crippen LogP contribution in [-0.4, -0.2) is 30.0 Å². The minimum absolute atomic E-state index is 0.00948. The molecule has 3 nitrogen and oxygen atoms in total. The standard InChI is InChI=1S/C8H16ClNO2/c1-2-7(3-4-11)6-10-8(12)5-9/h7,11H,2-6H2,1H3,(H,10,12). The molecule has 72 valence electrons. The molecule has 0 spiro atoms. The van der Waals surface area contributed by atoms with E-state index in [-0.39, 0.29) is 18.4 Å². The summed E-state index contributed by atoms with van der Waals surface area (Å²) in [5.74, 6) is 0.227. The van der Waals surface area contributed by atoms with Crippen molar-refractivity contribution in [1.29, 1.82) is 0 Å². The highest BCUT2D eigenvalue weighted by atomic mass is 35.5. The van der Waals surface area contributed by atoms with Crippen LogP contribution in [0.5, 0.6) is 0 Å². The number of nitrogens with one attached hydrogen (secondary N) is 1. The van der Waals surface area contributed by atoms with Crippen molar-refractivity contribution in [3.05, 3.63) is 0 Å². The number of hydrogen-bond acceptors (Lipinski definition) is 2. The van der Waals surface area contributed by atoms with Crippen LogP contribution in [0.25, 0.3) is 0 Å². The molecule has 0 rings (SSSR count). The SMILES string of the molecule is CCC(CCO)CNC(=O)CCl. The fourth-order valence-corrected chi connectivity index (χ4v) is 1.03. The maximum atomic E-state index is 10.7. The van der Waals surface area contributed by atoms with E-state index in [1.165, 1.54) is 0 Å². The van der Waals surface area contributed by atoms with Gasteiger partial charge in [-0.2, -0.15) is 0 Å². The van der Waals surface area contributed by atoms with E-state index < -0.39 is 0 Å².